The Morgan fingerprint density at radius 3 is 2.40 bits per heavy atom. The minimum absolute atomic E-state index is 0.305. The first-order valence-electron chi connectivity index (χ1n) is 3.40. The summed E-state index contributed by atoms with van der Waals surface area (Å²) in [6.07, 6.45) is -0.545. The summed E-state index contributed by atoms with van der Waals surface area (Å²) >= 11 is 0. The van der Waals surface area contributed by atoms with Crippen molar-refractivity contribution in [2.45, 2.75) is 26.4 Å². The normalized spacial score (nSPS) is 32.2. The summed E-state index contributed by atoms with van der Waals surface area (Å²) < 4.78 is 9.62. The molecule has 3 heteroatoms. The van der Waals surface area contributed by atoms with Crippen LogP contribution in [0.5, 0.6) is 0 Å². The van der Waals surface area contributed by atoms with Crippen LogP contribution in [0.2, 0.25) is 0 Å². The monoisotopic (exact) mass is 144 g/mol. The molecule has 0 radical (unpaired) electrons. The fourth-order valence-electron chi connectivity index (χ4n) is 0.736. The van der Waals surface area contributed by atoms with Gasteiger partial charge in [-0.15, -0.1) is 0 Å². The highest BCUT2D eigenvalue weighted by molar-refractivity contribution is 5.62. The molecule has 1 fully saturated rings. The van der Waals surface area contributed by atoms with Crippen LogP contribution in [0.15, 0.2) is 0 Å². The van der Waals surface area contributed by atoms with Crippen LogP contribution in [0.4, 0.5) is 4.79 Å². The summed E-state index contributed by atoms with van der Waals surface area (Å²) in [6.45, 7) is 6.26. The van der Waals surface area contributed by atoms with Crippen LogP contribution < -0.4 is 0 Å². The molecule has 0 saturated carbocycles. The van der Waals surface area contributed by atoms with E-state index in [1.165, 1.54) is 0 Å². The van der Waals surface area contributed by atoms with E-state index >= 15 is 0 Å². The smallest absolute Gasteiger partial charge is 0.430 e. The summed E-state index contributed by atoms with van der Waals surface area (Å²) in [7, 11) is 0. The van der Waals surface area contributed by atoms with Gasteiger partial charge in [0.05, 0.1) is 0 Å². The van der Waals surface area contributed by atoms with Gasteiger partial charge in [0.2, 0.25) is 0 Å². The predicted octanol–water partition coefficient (Wildman–Crippen LogP) is 1.57. The fourth-order valence-corrected chi connectivity index (χ4v) is 0.736. The molecule has 0 aliphatic carbocycles. The van der Waals surface area contributed by atoms with E-state index in [9.17, 15) is 4.79 Å². The summed E-state index contributed by atoms with van der Waals surface area (Å²) in [5.41, 5.74) is -0.406. The van der Waals surface area contributed by atoms with Gasteiger partial charge in [0.25, 0.3) is 0 Å². The second kappa shape index (κ2) is 2.15. The maximum Gasteiger partial charge on any atom is 0.509 e. The standard InChI is InChI=1S/C7H12O3/c1-5(2)7(3)4-9-6(8)10-7/h5H,4H2,1-3H3. The zero-order chi connectivity index (χ0) is 7.78. The molecule has 1 aliphatic rings. The number of hydrogen-bond donors (Lipinski definition) is 0. The topological polar surface area (TPSA) is 35.5 Å². The minimum atomic E-state index is -0.545. The second-order valence-electron chi connectivity index (χ2n) is 3.11. The lowest BCUT2D eigenvalue weighted by Gasteiger charge is -2.23. The molecule has 1 saturated heterocycles. The second-order valence-corrected chi connectivity index (χ2v) is 3.11. The molecule has 10 heavy (non-hydrogen) atoms. The summed E-state index contributed by atoms with van der Waals surface area (Å²) in [4.78, 5) is 10.5. The van der Waals surface area contributed by atoms with Crippen LogP contribution in [-0.2, 0) is 9.47 Å². The van der Waals surface area contributed by atoms with Crippen LogP contribution in [0.25, 0.3) is 0 Å². The average Bonchev–Trinajstić information content (AvgIpc) is 2.13. The molecule has 1 atom stereocenters. The summed E-state index contributed by atoms with van der Waals surface area (Å²) in [5.74, 6) is 0.305. The third-order valence-corrected chi connectivity index (χ3v) is 2.01. The van der Waals surface area contributed by atoms with E-state index < -0.39 is 11.8 Å². The third kappa shape index (κ3) is 1.08. The number of hydrogen-bond acceptors (Lipinski definition) is 3. The Bertz CT molecular complexity index is 153. The maximum absolute atomic E-state index is 10.5. The molecule has 58 valence electrons. The van der Waals surface area contributed by atoms with Crippen LogP contribution in [0, 0.1) is 5.92 Å². The lowest BCUT2D eigenvalue weighted by atomic mass is 9.94. The van der Waals surface area contributed by atoms with Gasteiger partial charge in [-0.25, -0.2) is 4.79 Å². The van der Waals surface area contributed by atoms with E-state index in [1.807, 2.05) is 20.8 Å². The van der Waals surface area contributed by atoms with Crippen molar-refractivity contribution in [2.24, 2.45) is 5.92 Å². The zero-order valence-electron chi connectivity index (χ0n) is 6.51. The van der Waals surface area contributed by atoms with Gasteiger partial charge in [-0.3, -0.25) is 0 Å². The zero-order valence-corrected chi connectivity index (χ0v) is 6.51. The van der Waals surface area contributed by atoms with Crippen LogP contribution in [0.3, 0.4) is 0 Å². The Labute approximate surface area is 60.3 Å². The Kier molecular flexibility index (Phi) is 1.58. The molecule has 3 nitrogen and oxygen atoms in total. The SMILES string of the molecule is CC(C)C1(C)COC(=O)O1. The van der Waals surface area contributed by atoms with Crippen molar-refractivity contribution in [1.29, 1.82) is 0 Å². The van der Waals surface area contributed by atoms with Gasteiger partial charge >= 0.3 is 6.16 Å². The molecule has 0 bridgehead atoms. The van der Waals surface area contributed by atoms with Crippen molar-refractivity contribution in [3.8, 4) is 0 Å². The quantitative estimate of drug-likeness (QED) is 0.524. The molecule has 1 aliphatic heterocycles. The predicted molar refractivity (Wildman–Crippen MR) is 35.7 cm³/mol. The van der Waals surface area contributed by atoms with E-state index in [0.717, 1.165) is 0 Å². The van der Waals surface area contributed by atoms with E-state index in [1.54, 1.807) is 0 Å². The highest BCUT2D eigenvalue weighted by Gasteiger charge is 2.40. The van der Waals surface area contributed by atoms with Gasteiger partial charge in [-0.05, 0) is 12.8 Å². The average molecular weight is 144 g/mol. The van der Waals surface area contributed by atoms with Gasteiger partial charge in [0.1, 0.15) is 12.2 Å². The largest absolute Gasteiger partial charge is 0.509 e. The molecule has 1 unspecified atom stereocenters. The summed E-state index contributed by atoms with van der Waals surface area (Å²) in [5, 5.41) is 0. The Balaban J connectivity index is 2.63. The van der Waals surface area contributed by atoms with Gasteiger partial charge in [0.15, 0.2) is 0 Å². The highest BCUT2D eigenvalue weighted by atomic mass is 16.8. The maximum atomic E-state index is 10.5. The lowest BCUT2D eigenvalue weighted by molar-refractivity contribution is 0.0346. The van der Waals surface area contributed by atoms with E-state index in [2.05, 4.69) is 4.74 Å². The third-order valence-electron chi connectivity index (χ3n) is 2.01. The first-order chi connectivity index (χ1) is 4.54. The lowest BCUT2D eigenvalue weighted by Crippen LogP contribution is -2.33. The van der Waals surface area contributed by atoms with Crippen molar-refractivity contribution < 1.29 is 14.3 Å². The molecule has 1 rings (SSSR count). The Morgan fingerprint density at radius 1 is 1.60 bits per heavy atom. The molecule has 0 amide bonds. The first kappa shape index (κ1) is 7.38. The molecule has 0 aromatic heterocycles. The molecular weight excluding hydrogens is 132 g/mol. The summed E-state index contributed by atoms with van der Waals surface area (Å²) in [6, 6.07) is 0. The van der Waals surface area contributed by atoms with Crippen molar-refractivity contribution in [1.82, 2.24) is 0 Å². The van der Waals surface area contributed by atoms with Gasteiger partial charge in [0, 0.05) is 0 Å². The Morgan fingerprint density at radius 2 is 2.20 bits per heavy atom. The van der Waals surface area contributed by atoms with Crippen molar-refractivity contribution in [3.63, 3.8) is 0 Å². The highest BCUT2D eigenvalue weighted by Crippen LogP contribution is 2.27. The molecule has 0 spiro atoms. The van der Waals surface area contributed by atoms with Crippen molar-refractivity contribution in [2.75, 3.05) is 6.61 Å². The first-order valence-corrected chi connectivity index (χ1v) is 3.40. The number of cyclic esters (lactones) is 2. The molecule has 1 heterocycles. The van der Waals surface area contributed by atoms with Crippen LogP contribution in [-0.4, -0.2) is 18.4 Å². The van der Waals surface area contributed by atoms with E-state index in [-0.39, 0.29) is 0 Å². The number of rotatable bonds is 1. The van der Waals surface area contributed by atoms with Crippen LogP contribution >= 0.6 is 0 Å². The fraction of sp³-hybridized carbons (Fsp3) is 0.857. The van der Waals surface area contributed by atoms with Gasteiger partial charge in [-0.1, -0.05) is 13.8 Å². The van der Waals surface area contributed by atoms with Crippen LogP contribution in [0.1, 0.15) is 20.8 Å². The van der Waals surface area contributed by atoms with Crippen molar-refractivity contribution in [3.05, 3.63) is 0 Å². The van der Waals surface area contributed by atoms with Gasteiger partial charge < -0.3 is 9.47 Å². The Hall–Kier alpha value is -0.730. The molecule has 0 aromatic carbocycles. The number of carbonyl (C=O) groups is 1. The molecular formula is C7H12O3. The molecule has 0 N–H and O–H groups in total. The van der Waals surface area contributed by atoms with Gasteiger partial charge in [-0.2, -0.15) is 0 Å². The number of carbonyl (C=O) groups excluding carboxylic acids is 1. The minimum Gasteiger partial charge on any atom is -0.430 e. The van der Waals surface area contributed by atoms with Crippen molar-refractivity contribution >= 4 is 6.16 Å². The number of ether oxygens (including phenoxy) is 2. The molecule has 0 aromatic rings. The van der Waals surface area contributed by atoms with E-state index in [0.29, 0.717) is 12.5 Å². The van der Waals surface area contributed by atoms with E-state index in [4.69, 9.17) is 4.74 Å².